The summed E-state index contributed by atoms with van der Waals surface area (Å²) in [5.74, 6) is 0. The molecule has 0 aliphatic rings. The van der Waals surface area contributed by atoms with Crippen molar-refractivity contribution in [2.45, 2.75) is 6.92 Å². The Kier molecular flexibility index (Phi) is 3.91. The first-order valence-electron chi connectivity index (χ1n) is 5.25. The Balaban J connectivity index is 2.37. The number of nitrogens with two attached hydrogens (primary N) is 1. The predicted molar refractivity (Wildman–Crippen MR) is 80.3 cm³/mol. The monoisotopic (exact) mass is 300 g/mol. The van der Waals surface area contributed by atoms with Crippen LogP contribution in [0.25, 0.3) is 0 Å². The first-order chi connectivity index (χ1) is 8.47. The molecule has 0 fully saturated rings. The quantitative estimate of drug-likeness (QED) is 0.740. The summed E-state index contributed by atoms with van der Waals surface area (Å²) in [4.78, 5) is 0. The van der Waals surface area contributed by atoms with Crippen molar-refractivity contribution in [2.75, 3.05) is 11.1 Å². The van der Waals surface area contributed by atoms with Crippen molar-refractivity contribution >= 4 is 51.9 Å². The molecule has 2 aromatic rings. The van der Waals surface area contributed by atoms with Gasteiger partial charge in [0.25, 0.3) is 0 Å². The largest absolute Gasteiger partial charge is 0.399 e. The second-order valence-electron chi connectivity index (χ2n) is 3.95. The zero-order valence-electron chi connectivity index (χ0n) is 9.60. The second-order valence-corrected chi connectivity index (χ2v) is 5.17. The van der Waals surface area contributed by atoms with Gasteiger partial charge in [-0.15, -0.1) is 0 Å². The first-order valence-corrected chi connectivity index (χ1v) is 6.38. The summed E-state index contributed by atoms with van der Waals surface area (Å²) in [5.41, 5.74) is 8.61. The van der Waals surface area contributed by atoms with Crippen LogP contribution in [0.4, 0.5) is 17.1 Å². The Hall–Kier alpha value is -1.09. The number of aryl methyl sites for hydroxylation is 1. The summed E-state index contributed by atoms with van der Waals surface area (Å²) in [6, 6.07) is 8.80. The highest BCUT2D eigenvalue weighted by Gasteiger charge is 2.07. The summed E-state index contributed by atoms with van der Waals surface area (Å²) < 4.78 is 0. The van der Waals surface area contributed by atoms with Crippen molar-refractivity contribution in [3.05, 3.63) is 51.0 Å². The lowest BCUT2D eigenvalue weighted by Crippen LogP contribution is -1.94. The summed E-state index contributed by atoms with van der Waals surface area (Å²) in [7, 11) is 0. The lowest BCUT2D eigenvalue weighted by atomic mass is 10.2. The van der Waals surface area contributed by atoms with Crippen LogP contribution in [-0.4, -0.2) is 0 Å². The van der Waals surface area contributed by atoms with Gasteiger partial charge in [-0.2, -0.15) is 0 Å². The maximum atomic E-state index is 6.15. The molecule has 0 aliphatic carbocycles. The SMILES string of the molecule is Cc1cc(Cl)c(Nc2ccc(N)cc2Cl)cc1Cl. The Morgan fingerprint density at radius 1 is 0.889 bits per heavy atom. The maximum absolute atomic E-state index is 6.15. The lowest BCUT2D eigenvalue weighted by molar-refractivity contribution is 1.45. The molecule has 18 heavy (non-hydrogen) atoms. The number of hydrogen-bond donors (Lipinski definition) is 2. The fraction of sp³-hybridized carbons (Fsp3) is 0.0769. The molecule has 0 spiro atoms. The molecule has 0 radical (unpaired) electrons. The van der Waals surface area contributed by atoms with Gasteiger partial charge in [-0.05, 0) is 42.8 Å². The van der Waals surface area contributed by atoms with Crippen molar-refractivity contribution in [1.29, 1.82) is 0 Å². The molecule has 2 rings (SSSR count). The number of rotatable bonds is 2. The van der Waals surface area contributed by atoms with Crippen molar-refractivity contribution in [3.63, 3.8) is 0 Å². The van der Waals surface area contributed by atoms with Gasteiger partial charge in [0.05, 0.1) is 21.4 Å². The third-order valence-corrected chi connectivity index (χ3v) is 3.54. The third-order valence-electron chi connectivity index (χ3n) is 2.51. The van der Waals surface area contributed by atoms with Crippen LogP contribution in [-0.2, 0) is 0 Å². The van der Waals surface area contributed by atoms with Crippen LogP contribution >= 0.6 is 34.8 Å². The molecule has 3 N–H and O–H groups in total. The summed E-state index contributed by atoms with van der Waals surface area (Å²) in [6.45, 7) is 1.90. The molecule has 2 nitrogen and oxygen atoms in total. The smallest absolute Gasteiger partial charge is 0.0661 e. The van der Waals surface area contributed by atoms with Gasteiger partial charge >= 0.3 is 0 Å². The van der Waals surface area contributed by atoms with Crippen LogP contribution in [0, 0.1) is 6.92 Å². The van der Waals surface area contributed by atoms with E-state index in [1.54, 1.807) is 30.3 Å². The van der Waals surface area contributed by atoms with Gasteiger partial charge in [0, 0.05) is 10.7 Å². The molecule has 0 bridgehead atoms. The lowest BCUT2D eigenvalue weighted by Gasteiger charge is -2.12. The van der Waals surface area contributed by atoms with E-state index in [-0.39, 0.29) is 0 Å². The molecule has 0 saturated heterocycles. The van der Waals surface area contributed by atoms with E-state index < -0.39 is 0 Å². The Morgan fingerprint density at radius 2 is 1.56 bits per heavy atom. The van der Waals surface area contributed by atoms with Crippen LogP contribution in [0.5, 0.6) is 0 Å². The highest BCUT2D eigenvalue weighted by atomic mass is 35.5. The highest BCUT2D eigenvalue weighted by Crippen LogP contribution is 2.33. The number of benzene rings is 2. The maximum Gasteiger partial charge on any atom is 0.0661 e. The van der Waals surface area contributed by atoms with E-state index in [0.29, 0.717) is 26.4 Å². The number of nitrogens with one attached hydrogen (secondary N) is 1. The molecule has 0 aromatic heterocycles. The fourth-order valence-corrected chi connectivity index (χ4v) is 2.19. The zero-order valence-corrected chi connectivity index (χ0v) is 11.9. The van der Waals surface area contributed by atoms with Crippen LogP contribution < -0.4 is 11.1 Å². The zero-order chi connectivity index (χ0) is 13.3. The van der Waals surface area contributed by atoms with Crippen LogP contribution in [0.15, 0.2) is 30.3 Å². The number of nitrogen functional groups attached to an aromatic ring is 1. The second kappa shape index (κ2) is 5.27. The van der Waals surface area contributed by atoms with Crippen LogP contribution in [0.3, 0.4) is 0 Å². The molecule has 0 unspecified atom stereocenters. The van der Waals surface area contributed by atoms with Crippen LogP contribution in [0.1, 0.15) is 5.56 Å². The molecular weight excluding hydrogens is 291 g/mol. The van der Waals surface area contributed by atoms with Crippen molar-refractivity contribution in [1.82, 2.24) is 0 Å². The molecule has 0 heterocycles. The van der Waals surface area contributed by atoms with Gasteiger partial charge in [0.2, 0.25) is 0 Å². The molecule has 5 heteroatoms. The predicted octanol–water partition coefficient (Wildman–Crippen LogP) is 5.28. The van der Waals surface area contributed by atoms with E-state index in [2.05, 4.69) is 5.32 Å². The number of hydrogen-bond acceptors (Lipinski definition) is 2. The first kappa shape index (κ1) is 13.3. The topological polar surface area (TPSA) is 38.0 Å². The minimum absolute atomic E-state index is 0.530. The molecular formula is C13H11Cl3N2. The Labute approximate surface area is 121 Å². The molecule has 2 aromatic carbocycles. The van der Waals surface area contributed by atoms with Gasteiger partial charge in [0.15, 0.2) is 0 Å². The van der Waals surface area contributed by atoms with E-state index in [9.17, 15) is 0 Å². The minimum atomic E-state index is 0.530. The average Bonchev–Trinajstić information content (AvgIpc) is 2.29. The minimum Gasteiger partial charge on any atom is -0.399 e. The molecule has 0 saturated carbocycles. The highest BCUT2D eigenvalue weighted by molar-refractivity contribution is 6.36. The fourth-order valence-electron chi connectivity index (χ4n) is 1.52. The van der Waals surface area contributed by atoms with Gasteiger partial charge in [0.1, 0.15) is 0 Å². The van der Waals surface area contributed by atoms with Gasteiger partial charge < -0.3 is 11.1 Å². The van der Waals surface area contributed by atoms with E-state index in [1.807, 2.05) is 6.92 Å². The number of anilines is 3. The summed E-state index contributed by atoms with van der Waals surface area (Å²) in [5, 5.41) is 4.90. The Bertz CT molecular complexity index is 597. The normalized spacial score (nSPS) is 10.4. The molecule has 0 atom stereocenters. The molecule has 0 amide bonds. The van der Waals surface area contributed by atoms with Crippen molar-refractivity contribution in [3.8, 4) is 0 Å². The van der Waals surface area contributed by atoms with Crippen LogP contribution in [0.2, 0.25) is 15.1 Å². The van der Waals surface area contributed by atoms with Gasteiger partial charge in [-0.25, -0.2) is 0 Å². The van der Waals surface area contributed by atoms with Crippen molar-refractivity contribution < 1.29 is 0 Å². The standard InChI is InChI=1S/C13H11Cl3N2/c1-7-4-10(15)13(6-9(7)14)18-12-3-2-8(17)5-11(12)16/h2-6,18H,17H2,1H3. The van der Waals surface area contributed by atoms with E-state index in [1.165, 1.54) is 0 Å². The van der Waals surface area contributed by atoms with E-state index in [4.69, 9.17) is 40.5 Å². The summed E-state index contributed by atoms with van der Waals surface area (Å²) >= 11 is 18.3. The number of halogens is 3. The average molecular weight is 302 g/mol. The van der Waals surface area contributed by atoms with E-state index in [0.717, 1.165) is 11.3 Å². The molecule has 94 valence electrons. The van der Waals surface area contributed by atoms with Crippen molar-refractivity contribution in [2.24, 2.45) is 0 Å². The van der Waals surface area contributed by atoms with Gasteiger partial charge in [-0.3, -0.25) is 0 Å². The summed E-state index contributed by atoms with van der Waals surface area (Å²) in [6.07, 6.45) is 0. The Morgan fingerprint density at radius 3 is 2.22 bits per heavy atom. The molecule has 0 aliphatic heterocycles. The van der Waals surface area contributed by atoms with E-state index >= 15 is 0 Å². The van der Waals surface area contributed by atoms with Gasteiger partial charge in [-0.1, -0.05) is 34.8 Å². The third kappa shape index (κ3) is 2.83.